The number of benzene rings is 2. The van der Waals surface area contributed by atoms with Crippen LogP contribution in [-0.2, 0) is 20.5 Å². The third kappa shape index (κ3) is 7.16. The number of fused-ring (bicyclic) bond motifs is 1. The number of rotatable bonds is 11. The molecule has 4 aromatic rings. The molecule has 0 bridgehead atoms. The van der Waals surface area contributed by atoms with Crippen LogP contribution in [0, 0.1) is 11.3 Å². The van der Waals surface area contributed by atoms with Crippen LogP contribution in [0.5, 0.6) is 11.5 Å². The van der Waals surface area contributed by atoms with Gasteiger partial charge in [-0.1, -0.05) is 17.7 Å². The number of hydrogen-bond acceptors (Lipinski definition) is 9. The summed E-state index contributed by atoms with van der Waals surface area (Å²) >= 11 is 6.47. The number of amides is 1. The van der Waals surface area contributed by atoms with Crippen molar-refractivity contribution in [1.29, 1.82) is 5.26 Å². The Kier molecular flexibility index (Phi) is 9.20. The molecule has 1 amide bonds. The highest BCUT2D eigenvalue weighted by Gasteiger charge is 2.19. The van der Waals surface area contributed by atoms with Gasteiger partial charge in [-0.15, -0.1) is 9.42 Å². The molecule has 11 nitrogen and oxygen atoms in total. The molecule has 1 atom stereocenters. The molecule has 4 rings (SSSR count). The van der Waals surface area contributed by atoms with E-state index >= 15 is 0 Å². The van der Waals surface area contributed by atoms with Crippen molar-refractivity contribution in [1.82, 2.24) is 9.97 Å². The second-order valence-electron chi connectivity index (χ2n) is 7.90. The Morgan fingerprint density at radius 2 is 2.00 bits per heavy atom. The number of aromatic nitrogens is 2. The molecule has 13 heteroatoms. The minimum absolute atomic E-state index is 0.246. The molecule has 0 aliphatic carbocycles. The maximum atomic E-state index is 12.3. The SMILES string of the molecule is CCOc1cc2ncc(C#N)c(Nc3ccc(OCc4ccccn4)c(Cl)c3)c2cc1NC(=O)CO[P+](=O)O. The van der Waals surface area contributed by atoms with Crippen LogP contribution in [0.4, 0.5) is 17.1 Å². The Labute approximate surface area is 229 Å². The molecule has 0 fully saturated rings. The predicted octanol–water partition coefficient (Wildman–Crippen LogP) is 5.48. The van der Waals surface area contributed by atoms with Crippen LogP contribution in [0.1, 0.15) is 18.2 Å². The zero-order valence-corrected chi connectivity index (χ0v) is 22.2. The van der Waals surface area contributed by atoms with Gasteiger partial charge < -0.3 is 20.1 Å². The van der Waals surface area contributed by atoms with Crippen molar-refractivity contribution < 1.29 is 28.3 Å². The third-order valence-corrected chi connectivity index (χ3v) is 5.92. The summed E-state index contributed by atoms with van der Waals surface area (Å²) in [4.78, 5) is 29.7. The van der Waals surface area contributed by atoms with E-state index in [0.29, 0.717) is 45.4 Å². The second-order valence-corrected chi connectivity index (χ2v) is 9.04. The average Bonchev–Trinajstić information content (AvgIpc) is 2.93. The molecule has 0 radical (unpaired) electrons. The van der Waals surface area contributed by atoms with Crippen molar-refractivity contribution in [2.24, 2.45) is 0 Å². The highest BCUT2D eigenvalue weighted by molar-refractivity contribution is 7.32. The summed E-state index contributed by atoms with van der Waals surface area (Å²) in [5, 5.41) is 16.4. The van der Waals surface area contributed by atoms with Crippen LogP contribution >= 0.6 is 19.9 Å². The summed E-state index contributed by atoms with van der Waals surface area (Å²) in [6.07, 6.45) is 3.11. The Morgan fingerprint density at radius 3 is 2.69 bits per heavy atom. The van der Waals surface area contributed by atoms with Gasteiger partial charge in [0.25, 0.3) is 5.91 Å². The van der Waals surface area contributed by atoms with Gasteiger partial charge in [0, 0.05) is 34.1 Å². The van der Waals surface area contributed by atoms with E-state index in [9.17, 15) is 14.6 Å². The van der Waals surface area contributed by atoms with E-state index in [-0.39, 0.29) is 17.9 Å². The number of nitrogens with zero attached hydrogens (tertiary/aromatic N) is 3. The zero-order chi connectivity index (χ0) is 27.8. The summed E-state index contributed by atoms with van der Waals surface area (Å²) in [5.74, 6) is 0.123. The van der Waals surface area contributed by atoms with Crippen LogP contribution in [0.25, 0.3) is 10.9 Å². The molecule has 198 valence electrons. The number of nitriles is 1. The van der Waals surface area contributed by atoms with E-state index in [2.05, 4.69) is 31.2 Å². The number of hydrogen-bond donors (Lipinski definition) is 3. The Hall–Kier alpha value is -4.33. The number of pyridine rings is 2. The predicted molar refractivity (Wildman–Crippen MR) is 145 cm³/mol. The lowest BCUT2D eigenvalue weighted by molar-refractivity contribution is -0.118. The fourth-order valence-corrected chi connectivity index (χ4v) is 4.05. The number of carbonyl (C=O) groups excluding carboxylic acids is 1. The number of halogens is 1. The van der Waals surface area contributed by atoms with E-state index < -0.39 is 20.8 Å². The lowest BCUT2D eigenvalue weighted by Crippen LogP contribution is -2.17. The molecule has 0 aliphatic rings. The molecule has 0 spiro atoms. The highest BCUT2D eigenvalue weighted by atomic mass is 35.5. The summed E-state index contributed by atoms with van der Waals surface area (Å²) in [7, 11) is -2.93. The molecule has 2 heterocycles. The number of ether oxygens (including phenoxy) is 2. The molecular weight excluding hydrogens is 545 g/mol. The first kappa shape index (κ1) is 27.7. The van der Waals surface area contributed by atoms with Crippen LogP contribution in [0.15, 0.2) is 60.9 Å². The van der Waals surface area contributed by atoms with Gasteiger partial charge in [0.15, 0.2) is 6.61 Å². The van der Waals surface area contributed by atoms with Crippen LogP contribution in [0.3, 0.4) is 0 Å². The van der Waals surface area contributed by atoms with Crippen molar-refractivity contribution >= 4 is 53.7 Å². The highest BCUT2D eigenvalue weighted by Crippen LogP contribution is 2.37. The Morgan fingerprint density at radius 1 is 1.15 bits per heavy atom. The summed E-state index contributed by atoms with van der Waals surface area (Å²) in [6, 6.07) is 16.0. The molecule has 0 saturated carbocycles. The fraction of sp³-hybridized carbons (Fsp3) is 0.154. The van der Waals surface area contributed by atoms with Crippen molar-refractivity contribution in [3.8, 4) is 17.6 Å². The Bertz CT molecular complexity index is 1560. The van der Waals surface area contributed by atoms with Gasteiger partial charge in [0.05, 0.1) is 39.8 Å². The number of anilines is 3. The van der Waals surface area contributed by atoms with E-state index in [1.54, 1.807) is 43.5 Å². The second kappa shape index (κ2) is 13.0. The average molecular weight is 567 g/mol. The summed E-state index contributed by atoms with van der Waals surface area (Å²) in [5.41, 5.74) is 2.76. The van der Waals surface area contributed by atoms with Crippen LogP contribution < -0.4 is 20.1 Å². The fourth-order valence-electron chi connectivity index (χ4n) is 3.59. The van der Waals surface area contributed by atoms with E-state index in [0.717, 1.165) is 5.69 Å². The van der Waals surface area contributed by atoms with E-state index in [1.165, 1.54) is 6.20 Å². The molecule has 2 aromatic carbocycles. The number of nitrogens with one attached hydrogen (secondary N) is 2. The molecular formula is C26H22ClN5O6P+. The first-order valence-electron chi connectivity index (χ1n) is 11.6. The normalized spacial score (nSPS) is 11.0. The third-order valence-electron chi connectivity index (χ3n) is 5.27. The largest absolute Gasteiger partial charge is 0.695 e. The topological polar surface area (TPSA) is 156 Å². The van der Waals surface area contributed by atoms with Crippen molar-refractivity contribution in [2.45, 2.75) is 13.5 Å². The Balaban J connectivity index is 1.65. The monoisotopic (exact) mass is 566 g/mol. The van der Waals surface area contributed by atoms with E-state index in [1.807, 2.05) is 18.2 Å². The van der Waals surface area contributed by atoms with Crippen LogP contribution in [-0.4, -0.2) is 34.0 Å². The lowest BCUT2D eigenvalue weighted by atomic mass is 10.1. The maximum absolute atomic E-state index is 12.3. The smallest absolute Gasteiger partial charge is 0.492 e. The molecule has 0 aliphatic heterocycles. The molecule has 39 heavy (non-hydrogen) atoms. The number of carbonyl (C=O) groups is 1. The minimum atomic E-state index is -2.93. The van der Waals surface area contributed by atoms with Crippen LogP contribution in [0.2, 0.25) is 5.02 Å². The van der Waals surface area contributed by atoms with Gasteiger partial charge in [-0.2, -0.15) is 5.26 Å². The lowest BCUT2D eigenvalue weighted by Gasteiger charge is -2.16. The van der Waals surface area contributed by atoms with Gasteiger partial charge in [-0.05, 0) is 43.3 Å². The van der Waals surface area contributed by atoms with Crippen molar-refractivity contribution in [3.63, 3.8) is 0 Å². The molecule has 2 aromatic heterocycles. The van der Waals surface area contributed by atoms with Gasteiger partial charge in [-0.25, -0.2) is 0 Å². The zero-order valence-electron chi connectivity index (χ0n) is 20.6. The van der Waals surface area contributed by atoms with Gasteiger partial charge >= 0.3 is 8.25 Å². The van der Waals surface area contributed by atoms with Gasteiger partial charge in [0.1, 0.15) is 24.2 Å². The minimum Gasteiger partial charge on any atom is -0.492 e. The van der Waals surface area contributed by atoms with Gasteiger partial charge in [-0.3, -0.25) is 14.8 Å². The molecule has 3 N–H and O–H groups in total. The standard InChI is InChI=1S/C26H21ClN5O6P/c1-2-36-24-11-21-19(10-22(24)32-25(33)15-38-39(34)35)26(16(12-28)13-30-21)31-17-6-7-23(20(27)9-17)37-14-18-5-3-4-8-29-18/h3-11,13H,2,14-15H2,1H3,(H2-,30,31,32,33,34,35)/p+1. The first-order valence-corrected chi connectivity index (χ1v) is 13.1. The summed E-state index contributed by atoms with van der Waals surface area (Å²) < 4.78 is 26.7. The quantitative estimate of drug-likeness (QED) is 0.199. The van der Waals surface area contributed by atoms with Crippen molar-refractivity contribution in [2.75, 3.05) is 23.8 Å². The summed E-state index contributed by atoms with van der Waals surface area (Å²) in [6.45, 7) is 1.70. The maximum Gasteiger partial charge on any atom is 0.695 e. The van der Waals surface area contributed by atoms with Crippen molar-refractivity contribution in [3.05, 3.63) is 77.2 Å². The van der Waals surface area contributed by atoms with Gasteiger partial charge in [0.2, 0.25) is 0 Å². The van der Waals surface area contributed by atoms with E-state index in [4.69, 9.17) is 26.0 Å². The first-order chi connectivity index (χ1) is 18.9. The molecule has 1 unspecified atom stereocenters. The molecule has 0 saturated heterocycles.